The summed E-state index contributed by atoms with van der Waals surface area (Å²) < 4.78 is 80.8. The minimum atomic E-state index is -4.61. The number of hydrogen-bond donors (Lipinski definition) is 2. The minimum absolute atomic E-state index is 0.0734. The molecule has 0 bridgehead atoms. The van der Waals surface area contributed by atoms with E-state index in [0.717, 1.165) is 11.1 Å². The summed E-state index contributed by atoms with van der Waals surface area (Å²) in [6.07, 6.45) is -3.16. The van der Waals surface area contributed by atoms with E-state index in [1.165, 1.54) is 11.8 Å². The second-order valence-electron chi connectivity index (χ2n) is 10.6. The molecule has 2 N–H and O–H groups in total. The van der Waals surface area contributed by atoms with E-state index in [1.807, 2.05) is 5.32 Å². The molecule has 0 radical (unpaired) electrons. The second kappa shape index (κ2) is 11.9. The zero-order valence-electron chi connectivity index (χ0n) is 23.0. The van der Waals surface area contributed by atoms with Crippen LogP contribution in [0.1, 0.15) is 66.6 Å². The molecule has 3 amide bonds. The SMILES string of the molecule is CCn1ncc(F)c1C(=O)NC(c1nc2cc(C(COC)N3CC(C(F)(F)F)NC3=O)ccc2o1)C1CCC(F)CC1. The largest absolute Gasteiger partial charge is 0.438 e. The molecular formula is C27H31F5N6O4. The number of carbonyl (C=O) groups excluding carboxylic acids is 2. The Hall–Kier alpha value is -3.75. The third-order valence-electron chi connectivity index (χ3n) is 7.88. The number of hydrogen-bond acceptors (Lipinski definition) is 6. The number of nitrogens with one attached hydrogen (secondary N) is 2. The van der Waals surface area contributed by atoms with Crippen LogP contribution in [0, 0.1) is 11.7 Å². The number of carbonyl (C=O) groups is 2. The van der Waals surface area contributed by atoms with E-state index >= 15 is 0 Å². The third-order valence-corrected chi connectivity index (χ3v) is 7.88. The predicted octanol–water partition coefficient (Wildman–Crippen LogP) is 4.83. The van der Waals surface area contributed by atoms with Crippen LogP contribution in [-0.4, -0.2) is 70.3 Å². The van der Waals surface area contributed by atoms with Gasteiger partial charge in [0.2, 0.25) is 5.89 Å². The van der Waals surface area contributed by atoms with E-state index in [2.05, 4.69) is 15.4 Å². The van der Waals surface area contributed by atoms with E-state index in [0.29, 0.717) is 29.5 Å². The molecule has 15 heteroatoms. The fraction of sp³-hybridized carbons (Fsp3) is 0.556. The first kappa shape index (κ1) is 29.7. The van der Waals surface area contributed by atoms with Gasteiger partial charge in [-0.15, -0.1) is 0 Å². The summed E-state index contributed by atoms with van der Waals surface area (Å²) in [6, 6.07) is 0.221. The molecule has 1 aromatic carbocycles. The minimum Gasteiger partial charge on any atom is -0.438 e. The summed E-state index contributed by atoms with van der Waals surface area (Å²) in [5, 5.41) is 8.66. The van der Waals surface area contributed by atoms with Crippen molar-refractivity contribution in [2.45, 2.75) is 69.6 Å². The van der Waals surface area contributed by atoms with Gasteiger partial charge in [0.15, 0.2) is 17.1 Å². The number of methoxy groups -OCH3 is 1. The molecule has 3 unspecified atom stereocenters. The summed E-state index contributed by atoms with van der Waals surface area (Å²) in [6.45, 7) is 1.32. The average Bonchev–Trinajstić information content (AvgIpc) is 3.66. The molecule has 1 saturated carbocycles. The first-order valence-electron chi connectivity index (χ1n) is 13.7. The van der Waals surface area contributed by atoms with Gasteiger partial charge in [-0.1, -0.05) is 6.07 Å². The van der Waals surface area contributed by atoms with Crippen molar-refractivity contribution >= 4 is 23.0 Å². The van der Waals surface area contributed by atoms with E-state index in [1.54, 1.807) is 25.1 Å². The molecule has 10 nitrogen and oxygen atoms in total. The maximum Gasteiger partial charge on any atom is 0.410 e. The van der Waals surface area contributed by atoms with Crippen LogP contribution in [0.3, 0.4) is 0 Å². The zero-order valence-corrected chi connectivity index (χ0v) is 23.0. The van der Waals surface area contributed by atoms with E-state index in [-0.39, 0.29) is 43.5 Å². The quantitative estimate of drug-likeness (QED) is 0.341. The van der Waals surface area contributed by atoms with Crippen molar-refractivity contribution in [3.63, 3.8) is 0 Å². The lowest BCUT2D eigenvalue weighted by atomic mass is 9.83. The molecule has 1 aliphatic heterocycles. The Bertz CT molecular complexity index is 1430. The van der Waals surface area contributed by atoms with Crippen molar-refractivity contribution in [1.29, 1.82) is 0 Å². The molecule has 1 aliphatic carbocycles. The van der Waals surface area contributed by atoms with Gasteiger partial charge in [-0.2, -0.15) is 18.3 Å². The summed E-state index contributed by atoms with van der Waals surface area (Å²) in [5.41, 5.74) is 0.879. The van der Waals surface area contributed by atoms with Crippen molar-refractivity contribution < 1.29 is 40.7 Å². The van der Waals surface area contributed by atoms with Crippen molar-refractivity contribution in [3.8, 4) is 0 Å². The topological polar surface area (TPSA) is 115 Å². The lowest BCUT2D eigenvalue weighted by Gasteiger charge is -2.30. The Morgan fingerprint density at radius 2 is 2.00 bits per heavy atom. The first-order chi connectivity index (χ1) is 20.0. The third kappa shape index (κ3) is 5.92. The number of oxazole rings is 1. The Kier molecular flexibility index (Phi) is 8.39. The normalized spacial score (nSPS) is 22.8. The van der Waals surface area contributed by atoms with Crippen molar-refractivity contribution in [3.05, 3.63) is 47.4 Å². The van der Waals surface area contributed by atoms with Crippen LogP contribution in [0.5, 0.6) is 0 Å². The molecule has 5 rings (SSSR count). The van der Waals surface area contributed by atoms with Gasteiger partial charge in [0, 0.05) is 13.7 Å². The molecule has 228 valence electrons. The van der Waals surface area contributed by atoms with E-state index in [4.69, 9.17) is 9.15 Å². The van der Waals surface area contributed by atoms with Gasteiger partial charge in [-0.05, 0) is 56.2 Å². The fourth-order valence-electron chi connectivity index (χ4n) is 5.67. The summed E-state index contributed by atoms with van der Waals surface area (Å²) in [5.74, 6) is -1.63. The highest BCUT2D eigenvalue weighted by Gasteiger charge is 2.48. The van der Waals surface area contributed by atoms with Crippen LogP contribution in [0.15, 0.2) is 28.8 Å². The van der Waals surface area contributed by atoms with Crippen molar-refractivity contribution in [1.82, 2.24) is 30.3 Å². The number of nitrogens with zero attached hydrogens (tertiary/aromatic N) is 4. The number of aryl methyl sites for hydroxylation is 1. The lowest BCUT2D eigenvalue weighted by molar-refractivity contribution is -0.150. The fourth-order valence-corrected chi connectivity index (χ4v) is 5.67. The Morgan fingerprint density at radius 1 is 1.26 bits per heavy atom. The molecular weight excluding hydrogens is 567 g/mol. The molecule has 3 atom stereocenters. The first-order valence-corrected chi connectivity index (χ1v) is 13.7. The number of halogens is 5. The molecule has 2 aromatic heterocycles. The number of rotatable bonds is 9. The van der Waals surface area contributed by atoms with Crippen molar-refractivity contribution in [2.75, 3.05) is 20.3 Å². The van der Waals surface area contributed by atoms with Crippen LogP contribution in [0.4, 0.5) is 26.7 Å². The highest BCUT2D eigenvalue weighted by molar-refractivity contribution is 5.93. The maximum atomic E-state index is 14.5. The number of alkyl halides is 4. The molecule has 1 saturated heterocycles. The second-order valence-corrected chi connectivity index (χ2v) is 10.6. The Labute approximate surface area is 237 Å². The summed E-state index contributed by atoms with van der Waals surface area (Å²) >= 11 is 0. The van der Waals surface area contributed by atoms with E-state index < -0.39 is 54.8 Å². The smallest absolute Gasteiger partial charge is 0.410 e. The molecule has 3 heterocycles. The Morgan fingerprint density at radius 3 is 2.64 bits per heavy atom. The number of aromatic nitrogens is 3. The number of fused-ring (bicyclic) bond motifs is 1. The predicted molar refractivity (Wildman–Crippen MR) is 139 cm³/mol. The summed E-state index contributed by atoms with van der Waals surface area (Å²) in [7, 11) is 1.38. The lowest BCUT2D eigenvalue weighted by Crippen LogP contribution is -2.40. The monoisotopic (exact) mass is 598 g/mol. The van der Waals surface area contributed by atoms with Crippen LogP contribution in [0.25, 0.3) is 11.1 Å². The molecule has 2 fully saturated rings. The number of urea groups is 1. The van der Waals surface area contributed by atoms with Gasteiger partial charge in [0.1, 0.15) is 23.8 Å². The van der Waals surface area contributed by atoms with Crippen LogP contribution >= 0.6 is 0 Å². The maximum absolute atomic E-state index is 14.5. The van der Waals surface area contributed by atoms with Gasteiger partial charge < -0.3 is 24.7 Å². The highest BCUT2D eigenvalue weighted by atomic mass is 19.4. The summed E-state index contributed by atoms with van der Waals surface area (Å²) in [4.78, 5) is 31.3. The number of benzene rings is 1. The average molecular weight is 599 g/mol. The molecule has 2 aliphatic rings. The molecule has 42 heavy (non-hydrogen) atoms. The van der Waals surface area contributed by atoms with Crippen molar-refractivity contribution in [2.24, 2.45) is 5.92 Å². The zero-order chi connectivity index (χ0) is 30.2. The number of ether oxygens (including phenoxy) is 1. The highest BCUT2D eigenvalue weighted by Crippen LogP contribution is 2.37. The molecule has 0 spiro atoms. The van der Waals surface area contributed by atoms with Crippen LogP contribution in [-0.2, 0) is 11.3 Å². The standard InChI is InChI=1S/C27H31F5N6O4/c1-3-38-23(17(29)11-33-38)24(39)36-22(14-4-7-16(28)8-5-14)25-34-18-10-15(6-9-20(18)42-25)19(13-41-2)37-12-21(27(30,31)32)35-26(37)40/h6,9-11,14,16,19,21-22H,3-5,7-8,12-13H2,1-2H3,(H,35,40)(H,36,39). The van der Waals surface area contributed by atoms with Crippen LogP contribution in [0.2, 0.25) is 0 Å². The van der Waals surface area contributed by atoms with Gasteiger partial charge >= 0.3 is 12.2 Å². The number of amides is 3. The van der Waals surface area contributed by atoms with E-state index in [9.17, 15) is 31.5 Å². The van der Waals surface area contributed by atoms with Gasteiger partial charge in [0.25, 0.3) is 5.91 Å². The van der Waals surface area contributed by atoms with Gasteiger partial charge in [-0.25, -0.2) is 18.6 Å². The Balaban J connectivity index is 1.46. The van der Waals surface area contributed by atoms with Gasteiger partial charge in [-0.3, -0.25) is 9.48 Å². The van der Waals surface area contributed by atoms with Crippen LogP contribution < -0.4 is 10.6 Å². The van der Waals surface area contributed by atoms with Gasteiger partial charge in [0.05, 0.1) is 25.4 Å². The molecule has 3 aromatic rings.